The predicted octanol–water partition coefficient (Wildman–Crippen LogP) is 4.68. The van der Waals surface area contributed by atoms with Crippen LogP contribution in [0.2, 0.25) is 5.02 Å². The van der Waals surface area contributed by atoms with E-state index in [0.717, 1.165) is 25.7 Å². The quantitative estimate of drug-likeness (QED) is 0.368. The van der Waals surface area contributed by atoms with E-state index in [1.165, 1.54) is 12.3 Å². The molecule has 0 bridgehead atoms. The fourth-order valence-electron chi connectivity index (χ4n) is 4.30. The van der Waals surface area contributed by atoms with Crippen molar-refractivity contribution in [2.24, 2.45) is 5.92 Å². The van der Waals surface area contributed by atoms with E-state index in [-0.39, 0.29) is 52.8 Å². The van der Waals surface area contributed by atoms with Crippen molar-refractivity contribution >= 4 is 64.3 Å². The molecule has 2 aromatic heterocycles. The number of pyridine rings is 1. The molecule has 3 N–H and O–H groups in total. The van der Waals surface area contributed by atoms with Gasteiger partial charge in [0.15, 0.2) is 6.61 Å². The molecule has 1 aliphatic carbocycles. The summed E-state index contributed by atoms with van der Waals surface area (Å²) in [5.41, 5.74) is 0.500. The van der Waals surface area contributed by atoms with Crippen molar-refractivity contribution in [3.05, 3.63) is 47.3 Å². The second kappa shape index (κ2) is 12.3. The highest BCUT2D eigenvalue weighted by atomic mass is 35.5. The first-order chi connectivity index (χ1) is 17.2. The van der Waals surface area contributed by atoms with Gasteiger partial charge in [0.05, 0.1) is 5.02 Å². The Morgan fingerprint density at radius 2 is 1.86 bits per heavy atom. The lowest BCUT2D eigenvalue weighted by Gasteiger charge is -2.31. The van der Waals surface area contributed by atoms with Crippen LogP contribution in [0.3, 0.4) is 0 Å². The van der Waals surface area contributed by atoms with Crippen LogP contribution in [0.1, 0.15) is 36.2 Å². The van der Waals surface area contributed by atoms with Crippen LogP contribution in [0.25, 0.3) is 11.0 Å². The number of aliphatic carboxylic acids is 1. The predicted molar refractivity (Wildman–Crippen MR) is 142 cm³/mol. The molecule has 0 saturated heterocycles. The second-order valence-electron chi connectivity index (χ2n) is 8.92. The zero-order chi connectivity index (χ0) is 25.8. The summed E-state index contributed by atoms with van der Waals surface area (Å²) in [5.74, 6) is -1.69. The maximum absolute atomic E-state index is 13.2. The molecule has 0 atom stereocenters. The van der Waals surface area contributed by atoms with Gasteiger partial charge in [-0.1, -0.05) is 11.6 Å². The van der Waals surface area contributed by atoms with Crippen molar-refractivity contribution in [1.29, 1.82) is 0 Å². The molecule has 1 saturated carbocycles. The summed E-state index contributed by atoms with van der Waals surface area (Å²) < 4.78 is 11.1. The Kier molecular flexibility index (Phi) is 9.36. The lowest BCUT2D eigenvalue weighted by Crippen LogP contribution is -2.35. The number of carbonyl (C=O) groups is 3. The maximum Gasteiger partial charge on any atom is 0.341 e. The van der Waals surface area contributed by atoms with E-state index in [1.54, 1.807) is 24.3 Å². The van der Waals surface area contributed by atoms with E-state index in [0.29, 0.717) is 16.5 Å². The molecule has 3 aromatic rings. The third kappa shape index (κ3) is 6.91. The van der Waals surface area contributed by atoms with E-state index < -0.39 is 18.5 Å². The molecule has 0 spiro atoms. The molecule has 0 radical (unpaired) electrons. The smallest absolute Gasteiger partial charge is 0.341 e. The average Bonchev–Trinajstić information content (AvgIpc) is 3.21. The second-order valence-corrected chi connectivity index (χ2v) is 9.36. The minimum absolute atomic E-state index is 0. The summed E-state index contributed by atoms with van der Waals surface area (Å²) in [7, 11) is 4.08. The van der Waals surface area contributed by atoms with Crippen molar-refractivity contribution in [3.63, 3.8) is 0 Å². The van der Waals surface area contributed by atoms with Crippen LogP contribution in [-0.2, 0) is 9.59 Å². The monoisotopic (exact) mass is 550 g/mol. The zero-order valence-electron chi connectivity index (χ0n) is 20.3. The van der Waals surface area contributed by atoms with Gasteiger partial charge in [-0.05, 0) is 64.0 Å². The highest BCUT2D eigenvalue weighted by Crippen LogP contribution is 2.35. The van der Waals surface area contributed by atoms with Crippen LogP contribution in [0.4, 0.5) is 11.5 Å². The summed E-state index contributed by atoms with van der Waals surface area (Å²) in [6.45, 7) is -0.527. The number of carbonyl (C=O) groups excluding carboxylic acids is 2. The first kappa shape index (κ1) is 28.2. The van der Waals surface area contributed by atoms with Crippen LogP contribution >= 0.6 is 24.0 Å². The Morgan fingerprint density at radius 3 is 2.49 bits per heavy atom. The number of nitrogens with one attached hydrogen (secondary N) is 2. The number of anilines is 2. The van der Waals surface area contributed by atoms with Gasteiger partial charge in [0.1, 0.15) is 22.8 Å². The first-order valence-electron chi connectivity index (χ1n) is 11.5. The zero-order valence-corrected chi connectivity index (χ0v) is 21.9. The lowest BCUT2D eigenvalue weighted by atomic mass is 9.85. The molecule has 1 fully saturated rings. The number of carboxylic acids is 1. The molecule has 12 heteroatoms. The van der Waals surface area contributed by atoms with Crippen LogP contribution in [-0.4, -0.2) is 59.5 Å². The molecule has 0 unspecified atom stereocenters. The van der Waals surface area contributed by atoms with Crippen molar-refractivity contribution in [1.82, 2.24) is 9.88 Å². The highest BCUT2D eigenvalue weighted by Gasteiger charge is 2.30. The van der Waals surface area contributed by atoms with Gasteiger partial charge in [-0.2, -0.15) is 0 Å². The fraction of sp³-hybridized carbons (Fsp3) is 0.360. The van der Waals surface area contributed by atoms with Gasteiger partial charge in [-0.3, -0.25) is 9.59 Å². The number of rotatable bonds is 8. The molecule has 1 aliphatic rings. The molecule has 0 aliphatic heterocycles. The van der Waals surface area contributed by atoms with Crippen molar-refractivity contribution in [2.45, 2.75) is 31.7 Å². The number of furan rings is 1. The van der Waals surface area contributed by atoms with Crippen LogP contribution in [0, 0.1) is 5.92 Å². The standard InChI is InChI=1S/C25H27ClN4O6.ClH/c1-30(2)16-6-3-14(4-7-16)24(33)29-22-18-9-8-17(35-13-21(31)32)11-19(18)36-23(22)25(34)28-20-10-5-15(26)12-27-20;/h5,8-12,14,16H,3-4,6-7,13H2,1-2H3,(H,29,33)(H,31,32)(H,27,28,34);1H/t14-,16-;. The topological polar surface area (TPSA) is 134 Å². The Morgan fingerprint density at radius 1 is 1.14 bits per heavy atom. The van der Waals surface area contributed by atoms with E-state index in [1.807, 2.05) is 14.1 Å². The van der Waals surface area contributed by atoms with Gasteiger partial charge in [-0.15, -0.1) is 12.4 Å². The third-order valence-corrected chi connectivity index (χ3v) is 6.47. The number of amides is 2. The first-order valence-corrected chi connectivity index (χ1v) is 11.9. The third-order valence-electron chi connectivity index (χ3n) is 6.25. The summed E-state index contributed by atoms with van der Waals surface area (Å²) in [5, 5.41) is 15.3. The maximum atomic E-state index is 13.2. The molecule has 1 aromatic carbocycles. The van der Waals surface area contributed by atoms with E-state index in [4.69, 9.17) is 25.9 Å². The molecule has 10 nitrogen and oxygen atoms in total. The van der Waals surface area contributed by atoms with Crippen molar-refractivity contribution < 1.29 is 28.6 Å². The summed E-state index contributed by atoms with van der Waals surface area (Å²) in [6, 6.07) is 8.23. The Bertz CT molecular complexity index is 1270. The van der Waals surface area contributed by atoms with Gasteiger partial charge in [0.25, 0.3) is 5.91 Å². The number of hydrogen-bond acceptors (Lipinski definition) is 7. The SMILES string of the molecule is CN(C)[C@H]1CC[C@H](C(=O)Nc2c(C(=O)Nc3ccc(Cl)cn3)oc3cc(OCC(=O)O)ccc23)CC1.Cl. The minimum atomic E-state index is -1.12. The molecule has 198 valence electrons. The summed E-state index contributed by atoms with van der Waals surface area (Å²) >= 11 is 5.87. The van der Waals surface area contributed by atoms with Gasteiger partial charge in [-0.25, -0.2) is 9.78 Å². The largest absolute Gasteiger partial charge is 0.482 e. The number of fused-ring (bicyclic) bond motifs is 1. The van der Waals surface area contributed by atoms with Gasteiger partial charge in [0, 0.05) is 29.6 Å². The Hall–Kier alpha value is -3.34. The van der Waals surface area contributed by atoms with Crippen LogP contribution < -0.4 is 15.4 Å². The fourth-order valence-corrected chi connectivity index (χ4v) is 4.41. The molecule has 37 heavy (non-hydrogen) atoms. The Balaban J connectivity index is 0.00000380. The number of carboxylic acid groups (broad SMARTS) is 1. The van der Waals surface area contributed by atoms with Crippen molar-refractivity contribution in [3.8, 4) is 5.75 Å². The van der Waals surface area contributed by atoms with Crippen molar-refractivity contribution in [2.75, 3.05) is 31.3 Å². The number of hydrogen-bond donors (Lipinski definition) is 3. The molecule has 2 amide bonds. The summed E-state index contributed by atoms with van der Waals surface area (Å²) in [4.78, 5) is 43.4. The van der Waals surface area contributed by atoms with Gasteiger partial charge >= 0.3 is 5.97 Å². The number of aromatic nitrogens is 1. The van der Waals surface area contributed by atoms with Crippen LogP contribution in [0.15, 0.2) is 40.9 Å². The Labute approximate surface area is 224 Å². The number of halogens is 2. The number of benzene rings is 1. The minimum Gasteiger partial charge on any atom is -0.482 e. The summed E-state index contributed by atoms with van der Waals surface area (Å²) in [6.07, 6.45) is 4.71. The highest BCUT2D eigenvalue weighted by molar-refractivity contribution is 6.30. The van der Waals surface area contributed by atoms with E-state index in [9.17, 15) is 14.4 Å². The van der Waals surface area contributed by atoms with E-state index in [2.05, 4.69) is 20.5 Å². The number of nitrogens with zero attached hydrogens (tertiary/aromatic N) is 2. The molecule has 2 heterocycles. The molecule has 4 rings (SSSR count). The normalized spacial score (nSPS) is 17.2. The molecular formula is C25H28Cl2N4O6. The average molecular weight is 551 g/mol. The van der Waals surface area contributed by atoms with E-state index >= 15 is 0 Å². The van der Waals surface area contributed by atoms with Crippen LogP contribution in [0.5, 0.6) is 5.75 Å². The molecular weight excluding hydrogens is 523 g/mol. The van der Waals surface area contributed by atoms with Gasteiger partial charge in [0.2, 0.25) is 11.7 Å². The lowest BCUT2D eigenvalue weighted by molar-refractivity contribution is -0.139. The van der Waals surface area contributed by atoms with Gasteiger partial charge < -0.3 is 29.8 Å². The number of ether oxygens (including phenoxy) is 1.